The summed E-state index contributed by atoms with van der Waals surface area (Å²) in [7, 11) is 0. The molecule has 1 aliphatic rings. The Kier molecular flexibility index (Phi) is 4.62. The molecule has 1 fully saturated rings. The number of carbonyl (C=O) groups excluding carboxylic acids is 1. The summed E-state index contributed by atoms with van der Waals surface area (Å²) in [6.07, 6.45) is 3.12. The number of nitrogens with one attached hydrogen (secondary N) is 1. The first-order valence-corrected chi connectivity index (χ1v) is 6.83. The number of piperidine rings is 1. The second-order valence-electron chi connectivity index (χ2n) is 5.02. The minimum absolute atomic E-state index is 0.00998. The Balaban J connectivity index is 2.01. The van der Waals surface area contributed by atoms with Crippen molar-refractivity contribution in [2.45, 2.75) is 19.3 Å². The molecule has 1 heterocycles. The third-order valence-corrected chi connectivity index (χ3v) is 3.51. The molecule has 7 heteroatoms. The number of amides is 1. The van der Waals surface area contributed by atoms with Crippen LogP contribution in [0, 0.1) is 5.82 Å². The van der Waals surface area contributed by atoms with E-state index in [1.54, 1.807) is 4.90 Å². The van der Waals surface area contributed by atoms with E-state index >= 15 is 0 Å². The van der Waals surface area contributed by atoms with Crippen molar-refractivity contribution in [1.29, 1.82) is 0 Å². The van der Waals surface area contributed by atoms with Crippen LogP contribution in [0.2, 0.25) is 0 Å². The molecule has 0 saturated carbocycles. The number of halogens is 1. The number of carbonyl (C=O) groups is 2. The van der Waals surface area contributed by atoms with Crippen molar-refractivity contribution in [2.24, 2.45) is 0 Å². The lowest BCUT2D eigenvalue weighted by Crippen LogP contribution is -2.39. The molecule has 0 radical (unpaired) electrons. The summed E-state index contributed by atoms with van der Waals surface area (Å²) in [6, 6.07) is 2.05. The molecule has 0 spiro atoms. The number of benzene rings is 1. The number of carboxylic acids is 1. The molecule has 114 valence electrons. The highest BCUT2D eigenvalue weighted by Crippen LogP contribution is 2.23. The zero-order chi connectivity index (χ0) is 15.4. The summed E-state index contributed by atoms with van der Waals surface area (Å²) in [5, 5.41) is 11.6. The van der Waals surface area contributed by atoms with Gasteiger partial charge in [-0.3, -0.25) is 4.79 Å². The van der Waals surface area contributed by atoms with E-state index in [-0.39, 0.29) is 23.8 Å². The van der Waals surface area contributed by atoms with Crippen molar-refractivity contribution in [2.75, 3.05) is 30.7 Å². The molecular weight excluding hydrogens is 277 g/mol. The number of hydrogen-bond donors (Lipinski definition) is 3. The molecule has 0 unspecified atom stereocenters. The molecule has 1 aliphatic heterocycles. The van der Waals surface area contributed by atoms with Crippen molar-refractivity contribution in [3.8, 4) is 0 Å². The van der Waals surface area contributed by atoms with Gasteiger partial charge in [-0.25, -0.2) is 9.18 Å². The Bertz CT molecular complexity index is 557. The van der Waals surface area contributed by atoms with Gasteiger partial charge in [0.25, 0.3) is 0 Å². The minimum atomic E-state index is -1.38. The normalized spacial score (nSPS) is 14.8. The van der Waals surface area contributed by atoms with Gasteiger partial charge in [-0.1, -0.05) is 0 Å². The molecule has 1 saturated heterocycles. The molecule has 0 atom stereocenters. The molecule has 2 rings (SSSR count). The fraction of sp³-hybridized carbons (Fsp3) is 0.429. The number of carboxylic acid groups (broad SMARTS) is 1. The van der Waals surface area contributed by atoms with E-state index in [0.29, 0.717) is 0 Å². The van der Waals surface area contributed by atoms with E-state index < -0.39 is 17.3 Å². The van der Waals surface area contributed by atoms with Crippen LogP contribution in [0.15, 0.2) is 12.1 Å². The molecule has 1 aromatic rings. The fourth-order valence-electron chi connectivity index (χ4n) is 2.33. The molecule has 4 N–H and O–H groups in total. The lowest BCUT2D eigenvalue weighted by Gasteiger charge is -2.27. The maximum Gasteiger partial charge on any atom is 0.338 e. The van der Waals surface area contributed by atoms with Crippen LogP contribution >= 0.6 is 0 Å². The molecule has 0 bridgehead atoms. The van der Waals surface area contributed by atoms with Crippen LogP contribution in [0.5, 0.6) is 0 Å². The highest BCUT2D eigenvalue weighted by atomic mass is 19.1. The third-order valence-electron chi connectivity index (χ3n) is 3.51. The van der Waals surface area contributed by atoms with Crippen molar-refractivity contribution >= 4 is 23.3 Å². The lowest BCUT2D eigenvalue weighted by molar-refractivity contribution is -0.130. The molecular formula is C14H18FN3O3. The predicted octanol–water partition coefficient (Wildman–Crippen LogP) is 1.53. The summed E-state index contributed by atoms with van der Waals surface area (Å²) in [5.74, 6) is -2.34. The first-order valence-electron chi connectivity index (χ1n) is 6.83. The van der Waals surface area contributed by atoms with Crippen LogP contribution in [-0.2, 0) is 4.79 Å². The average Bonchev–Trinajstić information content (AvgIpc) is 2.48. The molecule has 0 aliphatic carbocycles. The topological polar surface area (TPSA) is 95.7 Å². The van der Waals surface area contributed by atoms with Gasteiger partial charge in [0.2, 0.25) is 5.91 Å². The maximum absolute atomic E-state index is 13.6. The zero-order valence-corrected chi connectivity index (χ0v) is 11.6. The van der Waals surface area contributed by atoms with Gasteiger partial charge < -0.3 is 21.1 Å². The fourth-order valence-corrected chi connectivity index (χ4v) is 2.33. The first kappa shape index (κ1) is 15.1. The van der Waals surface area contributed by atoms with Crippen molar-refractivity contribution < 1.29 is 19.1 Å². The van der Waals surface area contributed by atoms with Gasteiger partial charge in [0.1, 0.15) is 5.82 Å². The Hall–Kier alpha value is -2.31. The van der Waals surface area contributed by atoms with Gasteiger partial charge in [0.05, 0.1) is 23.5 Å². The number of aromatic carboxylic acids is 1. The summed E-state index contributed by atoms with van der Waals surface area (Å²) in [6.45, 7) is 1.49. The van der Waals surface area contributed by atoms with Crippen LogP contribution in [0.1, 0.15) is 29.6 Å². The number of anilines is 2. The predicted molar refractivity (Wildman–Crippen MR) is 76.7 cm³/mol. The number of nitrogens with zero attached hydrogens (tertiary/aromatic N) is 1. The quantitative estimate of drug-likeness (QED) is 0.732. The van der Waals surface area contributed by atoms with Gasteiger partial charge >= 0.3 is 5.97 Å². The summed E-state index contributed by atoms with van der Waals surface area (Å²) in [5.41, 5.74) is 5.51. The minimum Gasteiger partial charge on any atom is -0.478 e. The molecule has 6 nitrogen and oxygen atoms in total. The standard InChI is InChI=1S/C14H18FN3O3/c15-10-7-12(11(16)6-9(10)14(20)21)17-8-13(19)18-4-2-1-3-5-18/h6-7,17H,1-5,8,16H2,(H,20,21). The van der Waals surface area contributed by atoms with Crippen LogP contribution in [0.25, 0.3) is 0 Å². The van der Waals surface area contributed by atoms with Gasteiger partial charge in [-0.15, -0.1) is 0 Å². The van der Waals surface area contributed by atoms with E-state index in [1.165, 1.54) is 0 Å². The summed E-state index contributed by atoms with van der Waals surface area (Å²) in [4.78, 5) is 24.5. The Morgan fingerprint density at radius 1 is 1.29 bits per heavy atom. The van der Waals surface area contributed by atoms with Crippen LogP contribution < -0.4 is 11.1 Å². The van der Waals surface area contributed by atoms with E-state index in [4.69, 9.17) is 10.8 Å². The van der Waals surface area contributed by atoms with Crippen LogP contribution in [-0.4, -0.2) is 41.5 Å². The van der Waals surface area contributed by atoms with E-state index in [1.807, 2.05) is 0 Å². The van der Waals surface area contributed by atoms with Crippen molar-refractivity contribution in [3.63, 3.8) is 0 Å². The van der Waals surface area contributed by atoms with Crippen LogP contribution in [0.3, 0.4) is 0 Å². The van der Waals surface area contributed by atoms with Gasteiger partial charge in [-0.05, 0) is 31.4 Å². The third kappa shape index (κ3) is 3.62. The highest BCUT2D eigenvalue weighted by molar-refractivity contribution is 5.91. The summed E-state index contributed by atoms with van der Waals surface area (Å²) < 4.78 is 13.6. The van der Waals surface area contributed by atoms with Crippen molar-refractivity contribution in [1.82, 2.24) is 4.90 Å². The maximum atomic E-state index is 13.6. The van der Waals surface area contributed by atoms with Gasteiger partial charge in [0.15, 0.2) is 0 Å². The Labute approximate surface area is 121 Å². The largest absolute Gasteiger partial charge is 0.478 e. The van der Waals surface area contributed by atoms with E-state index in [2.05, 4.69) is 5.32 Å². The monoisotopic (exact) mass is 295 g/mol. The number of nitrogens with two attached hydrogens (primary N) is 1. The zero-order valence-electron chi connectivity index (χ0n) is 11.6. The molecule has 0 aromatic heterocycles. The molecule has 1 amide bonds. The van der Waals surface area contributed by atoms with Crippen molar-refractivity contribution in [3.05, 3.63) is 23.5 Å². The first-order chi connectivity index (χ1) is 9.99. The van der Waals surface area contributed by atoms with Gasteiger partial charge in [0, 0.05) is 13.1 Å². The lowest BCUT2D eigenvalue weighted by atomic mass is 10.1. The SMILES string of the molecule is Nc1cc(C(=O)O)c(F)cc1NCC(=O)N1CCCCC1. The number of nitrogen functional groups attached to an aromatic ring is 1. The molecule has 21 heavy (non-hydrogen) atoms. The smallest absolute Gasteiger partial charge is 0.338 e. The Morgan fingerprint density at radius 3 is 2.57 bits per heavy atom. The van der Waals surface area contributed by atoms with E-state index in [9.17, 15) is 14.0 Å². The second kappa shape index (κ2) is 6.43. The number of hydrogen-bond acceptors (Lipinski definition) is 4. The highest BCUT2D eigenvalue weighted by Gasteiger charge is 2.17. The van der Waals surface area contributed by atoms with Crippen LogP contribution in [0.4, 0.5) is 15.8 Å². The number of likely N-dealkylation sites (tertiary alicyclic amines) is 1. The van der Waals surface area contributed by atoms with Gasteiger partial charge in [-0.2, -0.15) is 0 Å². The Morgan fingerprint density at radius 2 is 1.95 bits per heavy atom. The number of rotatable bonds is 4. The molecule has 1 aromatic carbocycles. The average molecular weight is 295 g/mol. The summed E-state index contributed by atoms with van der Waals surface area (Å²) >= 11 is 0. The van der Waals surface area contributed by atoms with E-state index in [0.717, 1.165) is 44.5 Å². The second-order valence-corrected chi connectivity index (χ2v) is 5.02.